The van der Waals surface area contributed by atoms with Crippen molar-refractivity contribution >= 4 is 21.6 Å². The van der Waals surface area contributed by atoms with E-state index >= 15 is 0 Å². The molecule has 0 bridgehead atoms. The highest BCUT2D eigenvalue weighted by Gasteiger charge is 2.27. The number of piperidine rings is 1. The summed E-state index contributed by atoms with van der Waals surface area (Å²) in [5.41, 5.74) is 7.29. The van der Waals surface area contributed by atoms with E-state index in [9.17, 15) is 8.42 Å². The Labute approximate surface area is 132 Å². The van der Waals surface area contributed by atoms with Crippen LogP contribution < -0.4 is 5.73 Å². The smallest absolute Gasteiger partial charge is 0.211 e. The van der Waals surface area contributed by atoms with Crippen molar-refractivity contribution in [3.05, 3.63) is 34.9 Å². The lowest BCUT2D eigenvalue weighted by molar-refractivity contribution is 0.246. The molecule has 1 saturated heterocycles. The molecule has 2 N–H and O–H groups in total. The average molecular weight is 331 g/mol. The summed E-state index contributed by atoms with van der Waals surface area (Å²) in [5, 5.41) is 0.745. The number of halogens is 1. The van der Waals surface area contributed by atoms with Gasteiger partial charge < -0.3 is 5.73 Å². The Morgan fingerprint density at radius 2 is 2.14 bits per heavy atom. The maximum absolute atomic E-state index is 11.6. The van der Waals surface area contributed by atoms with E-state index in [1.165, 1.54) is 6.26 Å². The summed E-state index contributed by atoms with van der Waals surface area (Å²) in [6.07, 6.45) is 4.80. The summed E-state index contributed by atoms with van der Waals surface area (Å²) in [6, 6.07) is 7.73. The SMILES string of the molecule is CS(=O)(=O)N1CCCC(CC(N)Cc2ccccc2Cl)C1. The van der Waals surface area contributed by atoms with Crippen molar-refractivity contribution in [2.45, 2.75) is 31.7 Å². The van der Waals surface area contributed by atoms with Crippen molar-refractivity contribution in [3.63, 3.8) is 0 Å². The minimum absolute atomic E-state index is 0.00871. The highest BCUT2D eigenvalue weighted by atomic mass is 35.5. The summed E-state index contributed by atoms with van der Waals surface area (Å²) in [5.74, 6) is 0.339. The molecule has 1 aromatic rings. The second kappa shape index (κ2) is 7.09. The van der Waals surface area contributed by atoms with Crippen LogP contribution in [0, 0.1) is 5.92 Å². The molecule has 21 heavy (non-hydrogen) atoms. The first-order valence-electron chi connectivity index (χ1n) is 7.30. The largest absolute Gasteiger partial charge is 0.327 e. The fourth-order valence-electron chi connectivity index (χ4n) is 2.98. The van der Waals surface area contributed by atoms with Crippen LogP contribution in [0.4, 0.5) is 0 Å². The minimum Gasteiger partial charge on any atom is -0.327 e. The molecule has 1 heterocycles. The molecule has 0 spiro atoms. The van der Waals surface area contributed by atoms with E-state index in [2.05, 4.69) is 0 Å². The molecule has 2 atom stereocenters. The molecule has 1 aliphatic heterocycles. The van der Waals surface area contributed by atoms with E-state index in [0.29, 0.717) is 19.0 Å². The van der Waals surface area contributed by atoms with Crippen LogP contribution in [-0.2, 0) is 16.4 Å². The second-order valence-electron chi connectivity index (χ2n) is 5.92. The van der Waals surface area contributed by atoms with E-state index in [4.69, 9.17) is 17.3 Å². The van der Waals surface area contributed by atoms with Crippen molar-refractivity contribution in [2.75, 3.05) is 19.3 Å². The zero-order chi connectivity index (χ0) is 15.5. The second-order valence-corrected chi connectivity index (χ2v) is 8.31. The molecule has 1 aliphatic rings. The zero-order valence-electron chi connectivity index (χ0n) is 12.3. The Hall–Kier alpha value is -0.620. The van der Waals surface area contributed by atoms with Gasteiger partial charge in [-0.05, 0) is 43.2 Å². The molecule has 118 valence electrons. The van der Waals surface area contributed by atoms with E-state index in [0.717, 1.165) is 36.3 Å². The number of hydrogen-bond donors (Lipinski definition) is 1. The van der Waals surface area contributed by atoms with Gasteiger partial charge in [-0.3, -0.25) is 0 Å². The summed E-state index contributed by atoms with van der Waals surface area (Å²) in [4.78, 5) is 0. The van der Waals surface area contributed by atoms with E-state index in [1.807, 2.05) is 24.3 Å². The van der Waals surface area contributed by atoms with Gasteiger partial charge in [0.05, 0.1) is 6.26 Å². The maximum Gasteiger partial charge on any atom is 0.211 e. The Morgan fingerprint density at radius 3 is 2.81 bits per heavy atom. The van der Waals surface area contributed by atoms with Gasteiger partial charge in [-0.15, -0.1) is 0 Å². The van der Waals surface area contributed by atoms with Crippen molar-refractivity contribution in [3.8, 4) is 0 Å². The van der Waals surface area contributed by atoms with Crippen LogP contribution in [0.15, 0.2) is 24.3 Å². The van der Waals surface area contributed by atoms with E-state index in [1.54, 1.807) is 4.31 Å². The first-order chi connectivity index (χ1) is 9.86. The maximum atomic E-state index is 11.6. The number of nitrogens with two attached hydrogens (primary N) is 1. The predicted molar refractivity (Wildman–Crippen MR) is 86.9 cm³/mol. The number of benzene rings is 1. The molecule has 0 amide bonds. The number of nitrogens with zero attached hydrogens (tertiary/aromatic N) is 1. The average Bonchev–Trinajstić information content (AvgIpc) is 2.41. The Bertz CT molecular complexity index is 577. The molecule has 0 aliphatic carbocycles. The molecular weight excluding hydrogens is 308 g/mol. The van der Waals surface area contributed by atoms with Gasteiger partial charge in [-0.2, -0.15) is 0 Å². The summed E-state index contributed by atoms with van der Waals surface area (Å²) < 4.78 is 24.8. The highest BCUT2D eigenvalue weighted by molar-refractivity contribution is 7.88. The summed E-state index contributed by atoms with van der Waals surface area (Å²) >= 11 is 6.15. The molecule has 0 aromatic heterocycles. The molecule has 0 radical (unpaired) electrons. The van der Waals surface area contributed by atoms with Crippen molar-refractivity contribution in [1.82, 2.24) is 4.31 Å². The van der Waals surface area contributed by atoms with Gasteiger partial charge in [-0.25, -0.2) is 12.7 Å². The lowest BCUT2D eigenvalue weighted by Crippen LogP contribution is -2.41. The minimum atomic E-state index is -3.09. The molecule has 4 nitrogen and oxygen atoms in total. The third-order valence-corrected chi connectivity index (χ3v) is 5.67. The summed E-state index contributed by atoms with van der Waals surface area (Å²) in [6.45, 7) is 1.23. The first-order valence-corrected chi connectivity index (χ1v) is 9.53. The lowest BCUT2D eigenvalue weighted by Gasteiger charge is -2.32. The van der Waals surface area contributed by atoms with Crippen molar-refractivity contribution in [1.29, 1.82) is 0 Å². The third-order valence-electron chi connectivity index (χ3n) is 4.03. The van der Waals surface area contributed by atoms with E-state index in [-0.39, 0.29) is 6.04 Å². The zero-order valence-corrected chi connectivity index (χ0v) is 13.9. The van der Waals surface area contributed by atoms with Crippen molar-refractivity contribution in [2.24, 2.45) is 11.7 Å². The van der Waals surface area contributed by atoms with Crippen LogP contribution in [0.1, 0.15) is 24.8 Å². The Kier molecular flexibility index (Phi) is 5.66. The topological polar surface area (TPSA) is 63.4 Å². The number of hydrogen-bond acceptors (Lipinski definition) is 3. The highest BCUT2D eigenvalue weighted by Crippen LogP contribution is 2.24. The van der Waals surface area contributed by atoms with Gasteiger partial charge in [0.2, 0.25) is 10.0 Å². The number of rotatable bonds is 5. The normalized spacial score (nSPS) is 22.1. The van der Waals surface area contributed by atoms with Gasteiger partial charge in [-0.1, -0.05) is 29.8 Å². The van der Waals surface area contributed by atoms with Gasteiger partial charge >= 0.3 is 0 Å². The fraction of sp³-hybridized carbons (Fsp3) is 0.600. The van der Waals surface area contributed by atoms with Gasteiger partial charge in [0.25, 0.3) is 0 Å². The van der Waals surface area contributed by atoms with Crippen LogP contribution in [0.5, 0.6) is 0 Å². The van der Waals surface area contributed by atoms with Crippen LogP contribution >= 0.6 is 11.6 Å². The first kappa shape index (κ1) is 16.7. The molecule has 1 aromatic carbocycles. The van der Waals surface area contributed by atoms with Crippen molar-refractivity contribution < 1.29 is 8.42 Å². The van der Waals surface area contributed by atoms with Gasteiger partial charge in [0, 0.05) is 24.2 Å². The van der Waals surface area contributed by atoms with Crippen LogP contribution in [0.25, 0.3) is 0 Å². The van der Waals surface area contributed by atoms with Crippen LogP contribution in [0.2, 0.25) is 5.02 Å². The monoisotopic (exact) mass is 330 g/mol. The van der Waals surface area contributed by atoms with Gasteiger partial charge in [0.15, 0.2) is 0 Å². The standard InChI is InChI=1S/C15H23ClN2O2S/c1-21(19,20)18-8-4-5-12(11-18)9-14(17)10-13-6-2-3-7-15(13)16/h2-3,6-7,12,14H,4-5,8-11,17H2,1H3. The molecule has 1 fully saturated rings. The fourth-order valence-corrected chi connectivity index (χ4v) is 4.13. The van der Waals surface area contributed by atoms with Gasteiger partial charge in [0.1, 0.15) is 0 Å². The Morgan fingerprint density at radius 1 is 1.43 bits per heavy atom. The van der Waals surface area contributed by atoms with E-state index < -0.39 is 10.0 Å². The van der Waals surface area contributed by atoms with Crippen LogP contribution in [-0.4, -0.2) is 38.1 Å². The molecule has 6 heteroatoms. The summed E-state index contributed by atoms with van der Waals surface area (Å²) in [7, 11) is -3.09. The third kappa shape index (κ3) is 4.95. The van der Waals surface area contributed by atoms with Crippen LogP contribution in [0.3, 0.4) is 0 Å². The quantitative estimate of drug-likeness (QED) is 0.900. The Balaban J connectivity index is 1.91. The molecule has 2 rings (SSSR count). The molecule has 0 saturated carbocycles. The molecule has 2 unspecified atom stereocenters. The molecular formula is C15H23ClN2O2S. The lowest BCUT2D eigenvalue weighted by atomic mass is 9.90. The predicted octanol–water partition coefficient (Wildman–Crippen LogP) is 2.27. The number of sulfonamides is 1.